The number of hydrogen-bond acceptors (Lipinski definition) is 7. The topological polar surface area (TPSA) is 129 Å². The number of anilines is 2. The molecule has 0 aromatic carbocycles. The minimum Gasteiger partial charge on any atom is -0.368 e. The van der Waals surface area contributed by atoms with Crippen LogP contribution in [0.15, 0.2) is 18.7 Å². The van der Waals surface area contributed by atoms with Crippen LogP contribution in [0.3, 0.4) is 0 Å². The van der Waals surface area contributed by atoms with Crippen LogP contribution in [0.2, 0.25) is 0 Å². The second-order valence-electron chi connectivity index (χ2n) is 4.50. The van der Waals surface area contributed by atoms with Crippen molar-refractivity contribution >= 4 is 17.8 Å². The van der Waals surface area contributed by atoms with Crippen molar-refractivity contribution in [3.63, 3.8) is 0 Å². The molecule has 0 aliphatic rings. The fourth-order valence-electron chi connectivity index (χ4n) is 1.79. The van der Waals surface area contributed by atoms with E-state index in [4.69, 9.17) is 11.5 Å². The molecule has 0 radical (unpaired) electrons. The Labute approximate surface area is 122 Å². The summed E-state index contributed by atoms with van der Waals surface area (Å²) >= 11 is 0. The van der Waals surface area contributed by atoms with Gasteiger partial charge < -0.3 is 16.4 Å². The van der Waals surface area contributed by atoms with Crippen LogP contribution in [0.5, 0.6) is 0 Å². The third-order valence-corrected chi connectivity index (χ3v) is 2.78. The maximum Gasteiger partial charge on any atom is 0.241 e. The Kier molecular flexibility index (Phi) is 4.64. The van der Waals surface area contributed by atoms with Gasteiger partial charge >= 0.3 is 0 Å². The molecular formula is C12H18N8O. The normalized spacial score (nSPS) is 10.5. The Hall–Kier alpha value is -2.71. The third-order valence-electron chi connectivity index (χ3n) is 2.78. The molecule has 0 aliphatic carbocycles. The van der Waals surface area contributed by atoms with Crippen molar-refractivity contribution in [2.75, 3.05) is 23.7 Å². The van der Waals surface area contributed by atoms with E-state index < -0.39 is 5.91 Å². The molecule has 112 valence electrons. The lowest BCUT2D eigenvalue weighted by atomic mass is 10.3. The summed E-state index contributed by atoms with van der Waals surface area (Å²) in [6, 6.07) is 0. The number of carbonyl (C=O) groups is 1. The van der Waals surface area contributed by atoms with Crippen molar-refractivity contribution in [1.82, 2.24) is 24.5 Å². The van der Waals surface area contributed by atoms with E-state index in [1.165, 1.54) is 0 Å². The van der Waals surface area contributed by atoms with Crippen molar-refractivity contribution < 1.29 is 4.79 Å². The molecule has 0 aliphatic heterocycles. The number of unbranched alkanes of at least 4 members (excludes halogenated alkanes) is 1. The average molecular weight is 290 g/mol. The number of aromatic nitrogens is 5. The molecule has 0 atom stereocenters. The van der Waals surface area contributed by atoms with Gasteiger partial charge in [-0.15, -0.1) is 0 Å². The van der Waals surface area contributed by atoms with Crippen LogP contribution in [0, 0.1) is 0 Å². The lowest BCUT2D eigenvalue weighted by Crippen LogP contribution is -2.36. The van der Waals surface area contributed by atoms with Gasteiger partial charge in [0, 0.05) is 18.9 Å². The molecule has 2 aromatic rings. The number of carbonyl (C=O) groups excluding carboxylic acids is 1. The van der Waals surface area contributed by atoms with E-state index in [0.717, 1.165) is 12.8 Å². The summed E-state index contributed by atoms with van der Waals surface area (Å²) in [5, 5.41) is 0. The van der Waals surface area contributed by atoms with E-state index in [0.29, 0.717) is 18.4 Å². The van der Waals surface area contributed by atoms with Crippen LogP contribution in [0.4, 0.5) is 11.9 Å². The van der Waals surface area contributed by atoms with Gasteiger partial charge in [-0.25, -0.2) is 4.98 Å². The first-order valence-electron chi connectivity index (χ1n) is 6.63. The number of imidazole rings is 1. The first-order valence-corrected chi connectivity index (χ1v) is 6.63. The zero-order valence-corrected chi connectivity index (χ0v) is 11.8. The zero-order chi connectivity index (χ0) is 15.2. The second kappa shape index (κ2) is 6.64. The van der Waals surface area contributed by atoms with E-state index in [2.05, 4.69) is 26.9 Å². The maximum absolute atomic E-state index is 11.2. The van der Waals surface area contributed by atoms with Crippen LogP contribution >= 0.6 is 0 Å². The lowest BCUT2D eigenvalue weighted by Gasteiger charge is -2.21. The van der Waals surface area contributed by atoms with Crippen LogP contribution in [-0.2, 0) is 4.79 Å². The van der Waals surface area contributed by atoms with Crippen LogP contribution in [0.1, 0.15) is 19.8 Å². The van der Waals surface area contributed by atoms with E-state index in [1.54, 1.807) is 28.2 Å². The highest BCUT2D eigenvalue weighted by Crippen LogP contribution is 2.12. The molecular weight excluding hydrogens is 272 g/mol. The molecule has 0 spiro atoms. The molecule has 9 nitrogen and oxygen atoms in total. The molecule has 0 fully saturated rings. The highest BCUT2D eigenvalue weighted by molar-refractivity contribution is 5.78. The SMILES string of the molecule is CCCCN(CC(N)=O)c1nc(N)nc(-n2ccnc2)n1. The van der Waals surface area contributed by atoms with Gasteiger partial charge in [0.2, 0.25) is 23.8 Å². The molecule has 0 unspecified atom stereocenters. The minimum atomic E-state index is -0.450. The fraction of sp³-hybridized carbons (Fsp3) is 0.417. The van der Waals surface area contributed by atoms with Crippen LogP contribution < -0.4 is 16.4 Å². The fourth-order valence-corrected chi connectivity index (χ4v) is 1.79. The first kappa shape index (κ1) is 14.7. The summed E-state index contributed by atoms with van der Waals surface area (Å²) in [5.74, 6) is 0.309. The Morgan fingerprint density at radius 3 is 2.81 bits per heavy atom. The number of hydrogen-bond donors (Lipinski definition) is 2. The zero-order valence-electron chi connectivity index (χ0n) is 11.8. The number of primary amides is 1. The number of nitrogens with two attached hydrogens (primary N) is 2. The molecule has 0 bridgehead atoms. The molecule has 4 N–H and O–H groups in total. The summed E-state index contributed by atoms with van der Waals surface area (Å²) < 4.78 is 1.61. The summed E-state index contributed by atoms with van der Waals surface area (Å²) in [4.78, 5) is 29.3. The Balaban J connectivity index is 2.33. The standard InChI is InChI=1S/C12H18N8O/c1-2-3-5-19(7-9(13)21)11-16-10(14)17-12(18-11)20-6-4-15-8-20/h4,6,8H,2-3,5,7H2,1H3,(H2,13,21)(H2,14,16,17,18). The highest BCUT2D eigenvalue weighted by atomic mass is 16.1. The predicted octanol–water partition coefficient (Wildman–Crippen LogP) is -0.269. The van der Waals surface area contributed by atoms with Gasteiger partial charge in [0.05, 0.1) is 6.54 Å². The van der Waals surface area contributed by atoms with Crippen molar-refractivity contribution in [3.8, 4) is 5.95 Å². The van der Waals surface area contributed by atoms with Gasteiger partial charge in [-0.05, 0) is 6.42 Å². The molecule has 2 rings (SSSR count). The summed E-state index contributed by atoms with van der Waals surface area (Å²) in [6.45, 7) is 2.71. The molecule has 2 heterocycles. The van der Waals surface area contributed by atoms with Gasteiger partial charge in [0.25, 0.3) is 0 Å². The maximum atomic E-state index is 11.2. The van der Waals surface area contributed by atoms with Crippen LogP contribution in [0.25, 0.3) is 5.95 Å². The van der Waals surface area contributed by atoms with Gasteiger partial charge in [-0.1, -0.05) is 13.3 Å². The van der Waals surface area contributed by atoms with Crippen molar-refractivity contribution in [2.24, 2.45) is 5.73 Å². The molecule has 21 heavy (non-hydrogen) atoms. The predicted molar refractivity (Wildman–Crippen MR) is 77.7 cm³/mol. The van der Waals surface area contributed by atoms with Gasteiger partial charge in [0.1, 0.15) is 6.33 Å². The monoisotopic (exact) mass is 290 g/mol. The Bertz CT molecular complexity index is 597. The van der Waals surface area contributed by atoms with Crippen LogP contribution in [-0.4, -0.2) is 43.5 Å². The van der Waals surface area contributed by atoms with Gasteiger partial charge in [-0.2, -0.15) is 15.0 Å². The molecule has 1 amide bonds. The molecule has 2 aromatic heterocycles. The molecule has 0 saturated heterocycles. The number of amides is 1. The molecule has 9 heteroatoms. The second-order valence-corrected chi connectivity index (χ2v) is 4.50. The van der Waals surface area contributed by atoms with Gasteiger partial charge in [-0.3, -0.25) is 9.36 Å². The molecule has 0 saturated carbocycles. The largest absolute Gasteiger partial charge is 0.368 e. The Morgan fingerprint density at radius 1 is 1.38 bits per heavy atom. The quantitative estimate of drug-likeness (QED) is 0.718. The third kappa shape index (κ3) is 3.88. The number of rotatable bonds is 7. The summed E-state index contributed by atoms with van der Waals surface area (Å²) in [5.41, 5.74) is 11.0. The first-order chi connectivity index (χ1) is 10.1. The van der Waals surface area contributed by atoms with Crippen molar-refractivity contribution in [3.05, 3.63) is 18.7 Å². The minimum absolute atomic E-state index is 0.0345. The summed E-state index contributed by atoms with van der Waals surface area (Å²) in [6.07, 6.45) is 6.73. The van der Waals surface area contributed by atoms with E-state index in [9.17, 15) is 4.79 Å². The van der Waals surface area contributed by atoms with E-state index in [1.807, 2.05) is 0 Å². The van der Waals surface area contributed by atoms with Crippen molar-refractivity contribution in [1.29, 1.82) is 0 Å². The number of nitrogen functional groups attached to an aromatic ring is 1. The van der Waals surface area contributed by atoms with Crippen molar-refractivity contribution in [2.45, 2.75) is 19.8 Å². The highest BCUT2D eigenvalue weighted by Gasteiger charge is 2.15. The lowest BCUT2D eigenvalue weighted by molar-refractivity contribution is -0.116. The van der Waals surface area contributed by atoms with E-state index in [-0.39, 0.29) is 12.5 Å². The van der Waals surface area contributed by atoms with E-state index >= 15 is 0 Å². The average Bonchev–Trinajstić information content (AvgIpc) is 2.96. The summed E-state index contributed by atoms with van der Waals surface area (Å²) in [7, 11) is 0. The smallest absolute Gasteiger partial charge is 0.241 e. The van der Waals surface area contributed by atoms with Gasteiger partial charge in [0.15, 0.2) is 0 Å². The number of nitrogens with zero attached hydrogens (tertiary/aromatic N) is 6. The Morgan fingerprint density at radius 2 is 2.19 bits per heavy atom.